The second-order valence-electron chi connectivity index (χ2n) is 6.91. The molecule has 0 spiro atoms. The number of amides is 2. The van der Waals surface area contributed by atoms with Gasteiger partial charge in [0.15, 0.2) is 0 Å². The van der Waals surface area contributed by atoms with Crippen molar-refractivity contribution in [1.82, 2.24) is 10.2 Å². The summed E-state index contributed by atoms with van der Waals surface area (Å²) in [6.07, 6.45) is 0. The van der Waals surface area contributed by atoms with Crippen LogP contribution in [-0.4, -0.2) is 43.9 Å². The van der Waals surface area contributed by atoms with E-state index in [0.717, 1.165) is 28.9 Å². The molecule has 23 heavy (non-hydrogen) atoms. The summed E-state index contributed by atoms with van der Waals surface area (Å²) in [4.78, 5) is 26.9. The van der Waals surface area contributed by atoms with Gasteiger partial charge in [-0.25, -0.2) is 0 Å². The molecule has 0 saturated carbocycles. The Bertz CT molecular complexity index is 569. The fourth-order valence-corrected chi connectivity index (χ4v) is 2.36. The third-order valence-electron chi connectivity index (χ3n) is 3.90. The zero-order valence-corrected chi connectivity index (χ0v) is 15.3. The molecule has 5 nitrogen and oxygen atoms in total. The molecule has 2 N–H and O–H groups in total. The largest absolute Gasteiger partial charge is 0.354 e. The van der Waals surface area contributed by atoms with Crippen LogP contribution in [0.15, 0.2) is 12.1 Å². The topological polar surface area (TPSA) is 61.4 Å². The highest BCUT2D eigenvalue weighted by Crippen LogP contribution is 2.25. The molecule has 0 bridgehead atoms. The maximum atomic E-state index is 12.6. The molecule has 128 valence electrons. The Morgan fingerprint density at radius 1 is 1.04 bits per heavy atom. The summed E-state index contributed by atoms with van der Waals surface area (Å²) in [7, 11) is 3.87. The van der Waals surface area contributed by atoms with Crippen molar-refractivity contribution in [3.8, 4) is 0 Å². The number of rotatable bonds is 6. The Kier molecular flexibility index (Phi) is 6.33. The van der Waals surface area contributed by atoms with Gasteiger partial charge in [0.25, 0.3) is 0 Å². The molecule has 0 aliphatic rings. The molecule has 0 atom stereocenters. The fourth-order valence-electron chi connectivity index (χ4n) is 2.36. The van der Waals surface area contributed by atoms with Crippen molar-refractivity contribution in [3.63, 3.8) is 0 Å². The zero-order valence-electron chi connectivity index (χ0n) is 15.3. The van der Waals surface area contributed by atoms with Crippen LogP contribution in [0, 0.1) is 26.2 Å². The summed E-state index contributed by atoms with van der Waals surface area (Å²) in [6, 6.07) is 4.04. The Hall–Kier alpha value is -1.88. The van der Waals surface area contributed by atoms with E-state index in [1.54, 1.807) is 13.8 Å². The average molecular weight is 319 g/mol. The lowest BCUT2D eigenvalue weighted by Crippen LogP contribution is -2.46. The van der Waals surface area contributed by atoms with Gasteiger partial charge in [0, 0.05) is 18.8 Å². The molecule has 1 aromatic carbocycles. The number of benzene rings is 1. The van der Waals surface area contributed by atoms with E-state index >= 15 is 0 Å². The fraction of sp³-hybridized carbons (Fsp3) is 0.556. The SMILES string of the molecule is Cc1cc(C)c(NC(=O)C(C)(C)C(=O)NCCN(C)C)c(C)c1. The van der Waals surface area contributed by atoms with Crippen LogP contribution in [0.25, 0.3) is 0 Å². The number of anilines is 1. The molecule has 0 radical (unpaired) electrons. The Morgan fingerprint density at radius 2 is 1.57 bits per heavy atom. The average Bonchev–Trinajstić information content (AvgIpc) is 2.41. The van der Waals surface area contributed by atoms with Crippen LogP contribution in [0.5, 0.6) is 0 Å². The highest BCUT2D eigenvalue weighted by Gasteiger charge is 2.36. The number of carbonyl (C=O) groups excluding carboxylic acids is 2. The Morgan fingerprint density at radius 3 is 2.04 bits per heavy atom. The second kappa shape index (κ2) is 7.59. The quantitative estimate of drug-likeness (QED) is 0.791. The van der Waals surface area contributed by atoms with Crippen LogP contribution >= 0.6 is 0 Å². The van der Waals surface area contributed by atoms with E-state index in [9.17, 15) is 9.59 Å². The second-order valence-corrected chi connectivity index (χ2v) is 6.91. The summed E-state index contributed by atoms with van der Waals surface area (Å²) in [5, 5.41) is 5.73. The summed E-state index contributed by atoms with van der Waals surface area (Å²) in [5.41, 5.74) is 2.81. The first-order valence-electron chi connectivity index (χ1n) is 7.88. The van der Waals surface area contributed by atoms with Gasteiger partial charge in [-0.3, -0.25) is 9.59 Å². The van der Waals surface area contributed by atoms with Crippen molar-refractivity contribution in [2.24, 2.45) is 5.41 Å². The first-order chi connectivity index (χ1) is 10.6. The number of likely N-dealkylation sites (N-methyl/N-ethyl adjacent to an activating group) is 1. The van der Waals surface area contributed by atoms with E-state index in [-0.39, 0.29) is 11.8 Å². The predicted molar refractivity (Wildman–Crippen MR) is 94.6 cm³/mol. The molecule has 0 aliphatic carbocycles. The van der Waals surface area contributed by atoms with Crippen molar-refractivity contribution >= 4 is 17.5 Å². The van der Waals surface area contributed by atoms with Gasteiger partial charge in [0.1, 0.15) is 5.41 Å². The number of hydrogen-bond donors (Lipinski definition) is 2. The number of aryl methyl sites for hydroxylation is 3. The van der Waals surface area contributed by atoms with Crippen LogP contribution in [-0.2, 0) is 9.59 Å². The van der Waals surface area contributed by atoms with Gasteiger partial charge in [0.2, 0.25) is 11.8 Å². The molecule has 0 heterocycles. The predicted octanol–water partition coefficient (Wildman–Crippen LogP) is 2.25. The lowest BCUT2D eigenvalue weighted by atomic mass is 9.90. The maximum Gasteiger partial charge on any atom is 0.239 e. The first-order valence-corrected chi connectivity index (χ1v) is 7.88. The lowest BCUT2D eigenvalue weighted by Gasteiger charge is -2.24. The van der Waals surface area contributed by atoms with Gasteiger partial charge >= 0.3 is 0 Å². The molecule has 0 unspecified atom stereocenters. The minimum atomic E-state index is -1.13. The van der Waals surface area contributed by atoms with Gasteiger partial charge in [-0.2, -0.15) is 0 Å². The molecule has 5 heteroatoms. The minimum absolute atomic E-state index is 0.265. The number of nitrogens with zero attached hydrogens (tertiary/aromatic N) is 1. The van der Waals surface area contributed by atoms with E-state index in [1.165, 1.54) is 0 Å². The van der Waals surface area contributed by atoms with E-state index in [2.05, 4.69) is 10.6 Å². The van der Waals surface area contributed by atoms with Crippen LogP contribution in [0.2, 0.25) is 0 Å². The third kappa shape index (κ3) is 5.06. The van der Waals surface area contributed by atoms with E-state index in [1.807, 2.05) is 51.9 Å². The molecule has 1 aromatic rings. The van der Waals surface area contributed by atoms with Crippen LogP contribution in [0.1, 0.15) is 30.5 Å². The maximum absolute atomic E-state index is 12.6. The molecular formula is C18H29N3O2. The first kappa shape index (κ1) is 19.2. The third-order valence-corrected chi connectivity index (χ3v) is 3.90. The van der Waals surface area contributed by atoms with Crippen molar-refractivity contribution < 1.29 is 9.59 Å². The monoisotopic (exact) mass is 319 g/mol. The zero-order chi connectivity index (χ0) is 17.8. The summed E-state index contributed by atoms with van der Waals surface area (Å²) >= 11 is 0. The standard InChI is InChI=1S/C18H29N3O2/c1-12-10-13(2)15(14(3)11-12)20-17(23)18(4,5)16(22)19-8-9-21(6)7/h10-11H,8-9H2,1-7H3,(H,19,22)(H,20,23). The smallest absolute Gasteiger partial charge is 0.239 e. The minimum Gasteiger partial charge on any atom is -0.354 e. The summed E-state index contributed by atoms with van der Waals surface area (Å²) in [6.45, 7) is 10.5. The van der Waals surface area contributed by atoms with Crippen molar-refractivity contribution in [2.45, 2.75) is 34.6 Å². The Balaban J connectivity index is 2.81. The van der Waals surface area contributed by atoms with Crippen molar-refractivity contribution in [1.29, 1.82) is 0 Å². The number of hydrogen-bond acceptors (Lipinski definition) is 3. The molecule has 0 aromatic heterocycles. The highest BCUT2D eigenvalue weighted by atomic mass is 16.2. The molecular weight excluding hydrogens is 290 g/mol. The lowest BCUT2D eigenvalue weighted by molar-refractivity contribution is -0.138. The summed E-state index contributed by atoms with van der Waals surface area (Å²) < 4.78 is 0. The molecule has 0 fully saturated rings. The number of carbonyl (C=O) groups is 2. The highest BCUT2D eigenvalue weighted by molar-refractivity contribution is 6.10. The molecule has 0 saturated heterocycles. The van der Waals surface area contributed by atoms with E-state index in [4.69, 9.17) is 0 Å². The molecule has 2 amide bonds. The van der Waals surface area contributed by atoms with Crippen molar-refractivity contribution in [2.75, 3.05) is 32.5 Å². The van der Waals surface area contributed by atoms with E-state index < -0.39 is 5.41 Å². The van der Waals surface area contributed by atoms with Gasteiger partial charge in [-0.1, -0.05) is 17.7 Å². The van der Waals surface area contributed by atoms with Gasteiger partial charge in [-0.15, -0.1) is 0 Å². The van der Waals surface area contributed by atoms with Gasteiger partial charge in [-0.05, 0) is 59.8 Å². The Labute approximate surface area is 139 Å². The van der Waals surface area contributed by atoms with Crippen LogP contribution in [0.4, 0.5) is 5.69 Å². The number of nitrogens with one attached hydrogen (secondary N) is 2. The molecule has 1 rings (SSSR count). The molecule has 0 aliphatic heterocycles. The van der Waals surface area contributed by atoms with E-state index in [0.29, 0.717) is 6.54 Å². The van der Waals surface area contributed by atoms with Crippen molar-refractivity contribution in [3.05, 3.63) is 28.8 Å². The van der Waals surface area contributed by atoms with Crippen LogP contribution in [0.3, 0.4) is 0 Å². The normalized spacial score (nSPS) is 11.5. The van der Waals surface area contributed by atoms with Gasteiger partial charge in [0.05, 0.1) is 0 Å². The van der Waals surface area contributed by atoms with Gasteiger partial charge < -0.3 is 15.5 Å². The summed E-state index contributed by atoms with van der Waals surface area (Å²) in [5.74, 6) is -0.561. The van der Waals surface area contributed by atoms with Crippen LogP contribution < -0.4 is 10.6 Å².